The fourth-order valence-electron chi connectivity index (χ4n) is 1.83. The highest BCUT2D eigenvalue weighted by Crippen LogP contribution is 2.26. The molecule has 0 saturated heterocycles. The monoisotopic (exact) mass is 263 g/mol. The fourth-order valence-corrected chi connectivity index (χ4v) is 2.01. The topological polar surface area (TPSA) is 12.0 Å². The maximum Gasteiger partial charge on any atom is 0.123 e. The van der Waals surface area contributed by atoms with Crippen molar-refractivity contribution in [1.82, 2.24) is 0 Å². The highest BCUT2D eigenvalue weighted by Gasteiger charge is 2.08. The molecule has 2 rings (SSSR count). The number of benzene rings is 2. The third-order valence-corrected chi connectivity index (χ3v) is 3.42. The Morgan fingerprint density at radius 2 is 1.78 bits per heavy atom. The van der Waals surface area contributed by atoms with Gasteiger partial charge in [0.25, 0.3) is 0 Å². The first kappa shape index (κ1) is 12.9. The molecule has 0 heterocycles. The minimum Gasteiger partial charge on any atom is -0.378 e. The highest BCUT2D eigenvalue weighted by molar-refractivity contribution is 6.31. The largest absolute Gasteiger partial charge is 0.378 e. The van der Waals surface area contributed by atoms with Crippen LogP contribution >= 0.6 is 11.6 Å². The van der Waals surface area contributed by atoms with Crippen molar-refractivity contribution in [3.05, 3.63) is 64.4 Å². The molecule has 1 unspecified atom stereocenters. The van der Waals surface area contributed by atoms with Gasteiger partial charge in [0.05, 0.1) is 0 Å². The van der Waals surface area contributed by atoms with Gasteiger partial charge < -0.3 is 5.32 Å². The smallest absolute Gasteiger partial charge is 0.123 e. The van der Waals surface area contributed by atoms with Gasteiger partial charge in [-0.3, -0.25) is 0 Å². The normalized spacial score (nSPS) is 12.2. The van der Waals surface area contributed by atoms with E-state index in [4.69, 9.17) is 11.6 Å². The summed E-state index contributed by atoms with van der Waals surface area (Å²) in [6.07, 6.45) is 0. The second-order valence-corrected chi connectivity index (χ2v) is 4.74. The van der Waals surface area contributed by atoms with Crippen molar-refractivity contribution >= 4 is 17.3 Å². The Morgan fingerprint density at radius 1 is 1.11 bits per heavy atom. The first-order valence-corrected chi connectivity index (χ1v) is 6.23. The van der Waals surface area contributed by atoms with Gasteiger partial charge in [-0.15, -0.1) is 0 Å². The van der Waals surface area contributed by atoms with E-state index in [9.17, 15) is 4.39 Å². The number of nitrogens with one attached hydrogen (secondary N) is 1. The molecule has 1 N–H and O–H groups in total. The van der Waals surface area contributed by atoms with E-state index in [-0.39, 0.29) is 11.9 Å². The van der Waals surface area contributed by atoms with Crippen LogP contribution in [0.3, 0.4) is 0 Å². The van der Waals surface area contributed by atoms with Gasteiger partial charge in [0.1, 0.15) is 5.82 Å². The van der Waals surface area contributed by atoms with E-state index in [1.165, 1.54) is 12.1 Å². The lowest BCUT2D eigenvalue weighted by atomic mass is 10.1. The Kier molecular flexibility index (Phi) is 3.87. The lowest BCUT2D eigenvalue weighted by Crippen LogP contribution is -2.07. The van der Waals surface area contributed by atoms with E-state index in [1.54, 1.807) is 12.1 Å². The van der Waals surface area contributed by atoms with Crippen LogP contribution in [0, 0.1) is 12.7 Å². The van der Waals surface area contributed by atoms with Gasteiger partial charge >= 0.3 is 0 Å². The second-order valence-electron chi connectivity index (χ2n) is 4.33. The fraction of sp³-hybridized carbons (Fsp3) is 0.200. The third kappa shape index (κ3) is 2.82. The molecular formula is C15H15ClFN. The summed E-state index contributed by atoms with van der Waals surface area (Å²) in [5.41, 5.74) is 3.06. The molecule has 18 heavy (non-hydrogen) atoms. The minimum absolute atomic E-state index is 0.0998. The molecule has 0 aliphatic rings. The van der Waals surface area contributed by atoms with Crippen LogP contribution in [-0.4, -0.2) is 0 Å². The van der Waals surface area contributed by atoms with E-state index in [0.717, 1.165) is 21.8 Å². The van der Waals surface area contributed by atoms with Crippen molar-refractivity contribution in [2.45, 2.75) is 19.9 Å². The van der Waals surface area contributed by atoms with Gasteiger partial charge in [-0.2, -0.15) is 0 Å². The van der Waals surface area contributed by atoms with E-state index in [1.807, 2.05) is 32.0 Å². The van der Waals surface area contributed by atoms with Crippen molar-refractivity contribution in [3.8, 4) is 0 Å². The Balaban J connectivity index is 2.18. The number of halogens is 2. The van der Waals surface area contributed by atoms with Crippen LogP contribution < -0.4 is 5.32 Å². The molecule has 2 aromatic rings. The third-order valence-electron chi connectivity index (χ3n) is 3.01. The van der Waals surface area contributed by atoms with Gasteiger partial charge in [0.15, 0.2) is 0 Å². The lowest BCUT2D eigenvalue weighted by molar-refractivity contribution is 0.626. The quantitative estimate of drug-likeness (QED) is 0.825. The minimum atomic E-state index is -0.218. The molecule has 2 aromatic carbocycles. The zero-order chi connectivity index (χ0) is 13.1. The molecule has 0 aliphatic heterocycles. The molecule has 0 fully saturated rings. The van der Waals surface area contributed by atoms with Crippen LogP contribution in [0.1, 0.15) is 24.1 Å². The lowest BCUT2D eigenvalue weighted by Gasteiger charge is -2.18. The maximum atomic E-state index is 12.9. The number of hydrogen-bond acceptors (Lipinski definition) is 1. The van der Waals surface area contributed by atoms with Crippen molar-refractivity contribution in [2.75, 3.05) is 5.32 Å². The summed E-state index contributed by atoms with van der Waals surface area (Å²) in [5.74, 6) is -0.218. The van der Waals surface area contributed by atoms with Gasteiger partial charge in [0.2, 0.25) is 0 Å². The zero-order valence-electron chi connectivity index (χ0n) is 10.4. The predicted octanol–water partition coefficient (Wildman–Crippen LogP) is 4.96. The molecule has 0 spiro atoms. The van der Waals surface area contributed by atoms with Crippen LogP contribution in [-0.2, 0) is 0 Å². The van der Waals surface area contributed by atoms with Gasteiger partial charge in [-0.05, 0) is 49.2 Å². The Morgan fingerprint density at radius 3 is 2.44 bits per heavy atom. The van der Waals surface area contributed by atoms with Crippen LogP contribution in [0.15, 0.2) is 42.5 Å². The number of anilines is 1. The molecule has 3 heteroatoms. The van der Waals surface area contributed by atoms with Crippen LogP contribution in [0.5, 0.6) is 0 Å². The summed E-state index contributed by atoms with van der Waals surface area (Å²) >= 11 is 6.07. The summed E-state index contributed by atoms with van der Waals surface area (Å²) in [4.78, 5) is 0. The molecule has 0 saturated carbocycles. The van der Waals surface area contributed by atoms with Crippen LogP contribution in [0.25, 0.3) is 0 Å². The van der Waals surface area contributed by atoms with E-state index in [0.29, 0.717) is 0 Å². The molecule has 94 valence electrons. The summed E-state index contributed by atoms with van der Waals surface area (Å²) < 4.78 is 12.9. The molecule has 0 radical (unpaired) electrons. The highest BCUT2D eigenvalue weighted by atomic mass is 35.5. The van der Waals surface area contributed by atoms with Crippen molar-refractivity contribution in [3.63, 3.8) is 0 Å². The average molecular weight is 264 g/mol. The first-order valence-electron chi connectivity index (χ1n) is 5.85. The number of hydrogen-bond donors (Lipinski definition) is 1. The van der Waals surface area contributed by atoms with Crippen molar-refractivity contribution in [1.29, 1.82) is 0 Å². The summed E-state index contributed by atoms with van der Waals surface area (Å²) in [5, 5.41) is 4.12. The standard InChI is InChI=1S/C15H15ClFN/c1-10-14(16)4-3-5-15(10)18-11(2)12-6-8-13(17)9-7-12/h3-9,11,18H,1-2H3. The molecule has 0 bridgehead atoms. The maximum absolute atomic E-state index is 12.9. The summed E-state index contributed by atoms with van der Waals surface area (Å²) in [6, 6.07) is 12.4. The zero-order valence-corrected chi connectivity index (χ0v) is 11.1. The Hall–Kier alpha value is -1.54. The first-order chi connectivity index (χ1) is 8.58. The SMILES string of the molecule is Cc1c(Cl)cccc1NC(C)c1ccc(F)cc1. The Labute approximate surface area is 112 Å². The van der Waals surface area contributed by atoms with Crippen molar-refractivity contribution in [2.24, 2.45) is 0 Å². The molecule has 0 amide bonds. The number of rotatable bonds is 3. The van der Waals surface area contributed by atoms with Crippen LogP contribution in [0.4, 0.5) is 10.1 Å². The van der Waals surface area contributed by atoms with Gasteiger partial charge in [-0.1, -0.05) is 29.8 Å². The molecular weight excluding hydrogens is 249 g/mol. The van der Waals surface area contributed by atoms with Gasteiger partial charge in [-0.25, -0.2) is 4.39 Å². The van der Waals surface area contributed by atoms with E-state index in [2.05, 4.69) is 5.32 Å². The summed E-state index contributed by atoms with van der Waals surface area (Å²) in [6.45, 7) is 4.01. The predicted molar refractivity (Wildman–Crippen MR) is 74.6 cm³/mol. The van der Waals surface area contributed by atoms with Gasteiger partial charge in [0, 0.05) is 16.8 Å². The molecule has 1 atom stereocenters. The molecule has 0 aliphatic carbocycles. The second kappa shape index (κ2) is 5.40. The average Bonchev–Trinajstić information content (AvgIpc) is 2.36. The van der Waals surface area contributed by atoms with E-state index >= 15 is 0 Å². The molecule has 0 aromatic heterocycles. The van der Waals surface area contributed by atoms with E-state index < -0.39 is 0 Å². The molecule has 1 nitrogen and oxygen atoms in total. The van der Waals surface area contributed by atoms with Crippen molar-refractivity contribution < 1.29 is 4.39 Å². The Bertz CT molecular complexity index is 537. The summed E-state index contributed by atoms with van der Waals surface area (Å²) in [7, 11) is 0. The van der Waals surface area contributed by atoms with Crippen LogP contribution in [0.2, 0.25) is 5.02 Å².